The zero-order valence-corrected chi connectivity index (χ0v) is 10.6. The molecule has 20 heavy (non-hydrogen) atoms. The van der Waals surface area contributed by atoms with E-state index in [1.165, 1.54) is 6.08 Å². The number of rotatable bonds is 5. The predicted molar refractivity (Wildman–Crippen MR) is 70.8 cm³/mol. The van der Waals surface area contributed by atoms with E-state index in [9.17, 15) is 14.4 Å². The molecule has 1 fully saturated rings. The molecule has 0 aromatic heterocycles. The third kappa shape index (κ3) is 3.52. The maximum atomic E-state index is 12.0. The molecule has 0 aliphatic carbocycles. The summed E-state index contributed by atoms with van der Waals surface area (Å²) in [6.45, 7) is -0.404. The Balaban J connectivity index is 2.05. The lowest BCUT2D eigenvalue weighted by Crippen LogP contribution is -2.47. The van der Waals surface area contributed by atoms with Crippen LogP contribution in [0.5, 0.6) is 0 Å². The summed E-state index contributed by atoms with van der Waals surface area (Å²) < 4.78 is 5.08. The Hall–Kier alpha value is -2.47. The van der Waals surface area contributed by atoms with E-state index in [0.29, 0.717) is 0 Å². The molecule has 1 unspecified atom stereocenters. The molecule has 1 saturated heterocycles. The molecule has 2 rings (SSSR count). The number of nitrogens with one attached hydrogen (secondary N) is 1. The van der Waals surface area contributed by atoms with E-state index in [0.717, 1.165) is 10.5 Å². The molecule has 1 aliphatic heterocycles. The molecule has 6 heteroatoms. The summed E-state index contributed by atoms with van der Waals surface area (Å²) in [5.41, 5.74) is 0.854. The quantitative estimate of drug-likeness (QED) is 0.770. The highest BCUT2D eigenvalue weighted by Gasteiger charge is 2.29. The van der Waals surface area contributed by atoms with Gasteiger partial charge in [0.15, 0.2) is 0 Å². The number of amides is 2. The van der Waals surface area contributed by atoms with Gasteiger partial charge in [0.1, 0.15) is 6.61 Å². The van der Waals surface area contributed by atoms with Crippen molar-refractivity contribution in [2.24, 2.45) is 0 Å². The second-order valence-corrected chi connectivity index (χ2v) is 4.09. The van der Waals surface area contributed by atoms with E-state index in [-0.39, 0.29) is 19.1 Å². The fourth-order valence-electron chi connectivity index (χ4n) is 1.72. The molecular formula is C14H13N2O4. The fourth-order valence-corrected chi connectivity index (χ4v) is 1.72. The Morgan fingerprint density at radius 1 is 1.45 bits per heavy atom. The van der Waals surface area contributed by atoms with Crippen molar-refractivity contribution in [1.82, 2.24) is 10.2 Å². The number of carbonyl (C=O) groups excluding carboxylic acids is 3. The second kappa shape index (κ2) is 6.63. The largest absolute Gasteiger partial charge is 0.330 e. The van der Waals surface area contributed by atoms with E-state index >= 15 is 0 Å². The van der Waals surface area contributed by atoms with Gasteiger partial charge < -0.3 is 10.1 Å². The molecule has 0 bridgehead atoms. The van der Waals surface area contributed by atoms with Crippen LogP contribution in [0.2, 0.25) is 0 Å². The molecule has 1 radical (unpaired) electrons. The van der Waals surface area contributed by atoms with Crippen molar-refractivity contribution in [2.45, 2.75) is 6.35 Å². The fraction of sp³-hybridized carbons (Fsp3) is 0.214. The minimum atomic E-state index is -0.920. The first-order chi connectivity index (χ1) is 9.70. The normalized spacial score (nSPS) is 18.0. The number of nitrogens with zero attached hydrogens (tertiary/aromatic N) is 1. The summed E-state index contributed by atoms with van der Waals surface area (Å²) in [6.07, 6.45) is 3.65. The Labute approximate surface area is 116 Å². The van der Waals surface area contributed by atoms with E-state index in [2.05, 4.69) is 5.32 Å². The van der Waals surface area contributed by atoms with Crippen LogP contribution in [0.25, 0.3) is 6.08 Å². The zero-order chi connectivity index (χ0) is 14.4. The molecule has 6 nitrogen and oxygen atoms in total. The SMILES string of the molecule is O=[C]CN(C(=O)/C=C/c1ccccc1)C1NC(=O)CO1. The molecule has 1 N–H and O–H groups in total. The number of benzene rings is 1. The van der Waals surface area contributed by atoms with Crippen LogP contribution in [-0.4, -0.2) is 42.5 Å². The number of hydrogen-bond donors (Lipinski definition) is 1. The van der Waals surface area contributed by atoms with Gasteiger partial charge in [0.2, 0.25) is 24.5 Å². The smallest absolute Gasteiger partial charge is 0.250 e. The Morgan fingerprint density at radius 3 is 2.80 bits per heavy atom. The van der Waals surface area contributed by atoms with Gasteiger partial charge in [-0.2, -0.15) is 0 Å². The Kier molecular flexibility index (Phi) is 4.62. The lowest BCUT2D eigenvalue weighted by molar-refractivity contribution is -0.136. The first kappa shape index (κ1) is 14.0. The van der Waals surface area contributed by atoms with Gasteiger partial charge in [0.05, 0.1) is 6.54 Å². The monoisotopic (exact) mass is 273 g/mol. The minimum absolute atomic E-state index is 0.129. The molecule has 1 aromatic rings. The topological polar surface area (TPSA) is 75.7 Å². The average Bonchev–Trinajstić information content (AvgIpc) is 2.89. The van der Waals surface area contributed by atoms with Gasteiger partial charge in [0, 0.05) is 6.08 Å². The number of hydrogen-bond acceptors (Lipinski definition) is 4. The van der Waals surface area contributed by atoms with Crippen LogP contribution in [0, 0.1) is 0 Å². The summed E-state index contributed by atoms with van der Waals surface area (Å²) in [4.78, 5) is 34.7. The van der Waals surface area contributed by atoms with Crippen molar-refractivity contribution in [3.05, 3.63) is 42.0 Å². The summed E-state index contributed by atoms with van der Waals surface area (Å²) >= 11 is 0. The van der Waals surface area contributed by atoms with E-state index in [1.807, 2.05) is 30.3 Å². The lowest BCUT2D eigenvalue weighted by atomic mass is 10.2. The van der Waals surface area contributed by atoms with Crippen molar-refractivity contribution in [1.29, 1.82) is 0 Å². The van der Waals surface area contributed by atoms with Crippen LogP contribution in [0.1, 0.15) is 5.56 Å². The first-order valence-electron chi connectivity index (χ1n) is 6.00. The van der Waals surface area contributed by atoms with Crippen LogP contribution < -0.4 is 5.32 Å². The molecule has 103 valence electrons. The van der Waals surface area contributed by atoms with Crippen LogP contribution in [-0.2, 0) is 19.1 Å². The summed E-state index contributed by atoms with van der Waals surface area (Å²) in [7, 11) is 0. The van der Waals surface area contributed by atoms with Crippen molar-refractivity contribution in [3.8, 4) is 0 Å². The highest BCUT2D eigenvalue weighted by Crippen LogP contribution is 2.07. The van der Waals surface area contributed by atoms with Crippen LogP contribution in [0.4, 0.5) is 0 Å². The van der Waals surface area contributed by atoms with Gasteiger partial charge in [-0.1, -0.05) is 30.3 Å². The molecular weight excluding hydrogens is 260 g/mol. The van der Waals surface area contributed by atoms with E-state index < -0.39 is 12.3 Å². The third-order valence-corrected chi connectivity index (χ3v) is 2.68. The van der Waals surface area contributed by atoms with E-state index in [1.54, 1.807) is 12.4 Å². The predicted octanol–water partition coefficient (Wildman–Crippen LogP) is 0.0681. The maximum absolute atomic E-state index is 12.0. The summed E-state index contributed by atoms with van der Waals surface area (Å²) in [5, 5.41) is 2.45. The van der Waals surface area contributed by atoms with Gasteiger partial charge in [-0.3, -0.25) is 19.3 Å². The zero-order valence-electron chi connectivity index (χ0n) is 10.6. The Morgan fingerprint density at radius 2 is 2.20 bits per heavy atom. The van der Waals surface area contributed by atoms with Crippen molar-refractivity contribution < 1.29 is 19.1 Å². The van der Waals surface area contributed by atoms with Gasteiger partial charge in [0.25, 0.3) is 0 Å². The van der Waals surface area contributed by atoms with Crippen molar-refractivity contribution >= 4 is 24.2 Å². The van der Waals surface area contributed by atoms with Crippen LogP contribution in [0.15, 0.2) is 36.4 Å². The van der Waals surface area contributed by atoms with Gasteiger partial charge in [-0.25, -0.2) is 0 Å². The molecule has 1 aliphatic rings. The van der Waals surface area contributed by atoms with Crippen LogP contribution in [0.3, 0.4) is 0 Å². The molecule has 1 heterocycles. The Bertz CT molecular complexity index is 527. The molecule has 1 aromatic carbocycles. The molecule has 0 spiro atoms. The molecule has 0 saturated carbocycles. The highest BCUT2D eigenvalue weighted by molar-refractivity contribution is 5.93. The second-order valence-electron chi connectivity index (χ2n) is 4.09. The first-order valence-corrected chi connectivity index (χ1v) is 6.00. The third-order valence-electron chi connectivity index (χ3n) is 2.68. The van der Waals surface area contributed by atoms with Gasteiger partial charge in [-0.05, 0) is 11.6 Å². The van der Waals surface area contributed by atoms with Crippen LogP contribution >= 0.6 is 0 Å². The molecule has 1 atom stereocenters. The minimum Gasteiger partial charge on any atom is -0.330 e. The van der Waals surface area contributed by atoms with Gasteiger partial charge in [-0.15, -0.1) is 0 Å². The number of ether oxygens (including phenoxy) is 1. The van der Waals surface area contributed by atoms with Crippen molar-refractivity contribution in [2.75, 3.05) is 13.2 Å². The average molecular weight is 273 g/mol. The lowest BCUT2D eigenvalue weighted by Gasteiger charge is -2.23. The van der Waals surface area contributed by atoms with Crippen molar-refractivity contribution in [3.63, 3.8) is 0 Å². The van der Waals surface area contributed by atoms with E-state index in [4.69, 9.17) is 4.74 Å². The molecule has 2 amide bonds. The standard InChI is InChI=1S/C14H13N2O4/c17-9-8-16(14-15-12(18)10-20-14)13(19)7-6-11-4-2-1-3-5-11/h1-7,14H,8,10H2,(H,15,18)/b7-6+. The maximum Gasteiger partial charge on any atom is 0.250 e. The highest BCUT2D eigenvalue weighted by atomic mass is 16.5. The summed E-state index contributed by atoms with van der Waals surface area (Å²) in [5.74, 6) is -0.768. The number of carbonyl (C=O) groups is 2. The summed E-state index contributed by atoms with van der Waals surface area (Å²) in [6, 6.07) is 9.25. The van der Waals surface area contributed by atoms with Gasteiger partial charge >= 0.3 is 0 Å².